The Balaban J connectivity index is 2.26. The van der Waals surface area contributed by atoms with E-state index in [9.17, 15) is 13.6 Å². The maximum Gasteiger partial charge on any atom is 0.310 e. The number of benzene rings is 2. The number of hydrogen-bond acceptors (Lipinski definition) is 3. The summed E-state index contributed by atoms with van der Waals surface area (Å²) in [5.74, 6) is 0.186. The molecule has 0 aromatic heterocycles. The summed E-state index contributed by atoms with van der Waals surface area (Å²) in [5, 5.41) is 0. The van der Waals surface area contributed by atoms with Crippen molar-refractivity contribution in [2.75, 3.05) is 0 Å². The zero-order valence-corrected chi connectivity index (χ0v) is 14.6. The number of carbonyl (C=O) groups is 1. The molecular formula is C19H21BF2O3. The number of carbonyl (C=O) groups excluding carboxylic acids is 1. The van der Waals surface area contributed by atoms with E-state index in [0.717, 1.165) is 11.0 Å². The van der Waals surface area contributed by atoms with Crippen LogP contribution in [-0.2, 0) is 17.8 Å². The highest BCUT2D eigenvalue weighted by Crippen LogP contribution is 2.31. The van der Waals surface area contributed by atoms with Crippen molar-refractivity contribution < 1.29 is 23.0 Å². The molecule has 3 nitrogen and oxygen atoms in total. The fraction of sp³-hybridized carbons (Fsp3) is 0.316. The van der Waals surface area contributed by atoms with Crippen LogP contribution in [0.25, 0.3) is 0 Å². The van der Waals surface area contributed by atoms with Gasteiger partial charge in [0.2, 0.25) is 0 Å². The summed E-state index contributed by atoms with van der Waals surface area (Å²) in [7, 11) is 1.86. The van der Waals surface area contributed by atoms with Gasteiger partial charge in [0.25, 0.3) is 6.43 Å². The molecule has 0 saturated heterocycles. The van der Waals surface area contributed by atoms with Crippen LogP contribution in [0.15, 0.2) is 36.4 Å². The Labute approximate surface area is 147 Å². The molecule has 6 heteroatoms. The van der Waals surface area contributed by atoms with E-state index in [2.05, 4.69) is 0 Å². The number of rotatable bonds is 7. The SMILES string of the molecule is Bc1cccc(OC(=O)CC)c1COc1ccc(CC)cc1C(F)F. The minimum absolute atomic E-state index is 0.0458. The van der Waals surface area contributed by atoms with Gasteiger partial charge in [-0.05, 0) is 30.2 Å². The van der Waals surface area contributed by atoms with Crippen LogP contribution < -0.4 is 14.9 Å². The van der Waals surface area contributed by atoms with Crippen LogP contribution in [-0.4, -0.2) is 13.8 Å². The lowest BCUT2D eigenvalue weighted by atomic mass is 9.90. The molecule has 2 rings (SSSR count). The van der Waals surface area contributed by atoms with Crippen molar-refractivity contribution in [2.45, 2.75) is 39.7 Å². The summed E-state index contributed by atoms with van der Waals surface area (Å²) in [6, 6.07) is 10.1. The van der Waals surface area contributed by atoms with Gasteiger partial charge < -0.3 is 9.47 Å². The minimum Gasteiger partial charge on any atom is -0.488 e. The second-order valence-electron chi connectivity index (χ2n) is 5.69. The normalized spacial score (nSPS) is 10.8. The molecule has 0 amide bonds. The lowest BCUT2D eigenvalue weighted by Crippen LogP contribution is -2.17. The van der Waals surface area contributed by atoms with Gasteiger partial charge in [0, 0.05) is 12.0 Å². The van der Waals surface area contributed by atoms with Crippen molar-refractivity contribution in [1.29, 1.82) is 0 Å². The van der Waals surface area contributed by atoms with Gasteiger partial charge in [-0.1, -0.05) is 37.5 Å². The maximum atomic E-state index is 13.3. The Morgan fingerprint density at radius 3 is 2.56 bits per heavy atom. The van der Waals surface area contributed by atoms with Crippen LogP contribution in [0.3, 0.4) is 0 Å². The minimum atomic E-state index is -2.62. The molecule has 0 aliphatic carbocycles. The quantitative estimate of drug-likeness (QED) is 0.438. The Morgan fingerprint density at radius 1 is 1.16 bits per heavy atom. The Kier molecular flexibility index (Phi) is 6.56. The zero-order chi connectivity index (χ0) is 18.4. The third-order valence-electron chi connectivity index (χ3n) is 3.97. The van der Waals surface area contributed by atoms with Crippen molar-refractivity contribution in [3.8, 4) is 11.5 Å². The molecule has 0 heterocycles. The zero-order valence-electron chi connectivity index (χ0n) is 14.6. The van der Waals surface area contributed by atoms with E-state index in [1.807, 2.05) is 20.8 Å². The fourth-order valence-corrected chi connectivity index (χ4v) is 2.42. The lowest BCUT2D eigenvalue weighted by Gasteiger charge is -2.16. The monoisotopic (exact) mass is 346 g/mol. The standard InChI is InChI=1S/C19H21BF2O3/c1-3-12-8-9-16(13(10-12)19(21)22)24-11-14-15(20)6-5-7-17(14)25-18(23)4-2/h5-10,19H,3-4,11,20H2,1-2H3. The highest BCUT2D eigenvalue weighted by Gasteiger charge is 2.16. The average Bonchev–Trinajstić information content (AvgIpc) is 2.60. The second kappa shape index (κ2) is 8.65. The van der Waals surface area contributed by atoms with E-state index < -0.39 is 6.43 Å². The molecule has 0 bridgehead atoms. The number of alkyl halides is 2. The van der Waals surface area contributed by atoms with Gasteiger partial charge >= 0.3 is 5.97 Å². The average molecular weight is 346 g/mol. The highest BCUT2D eigenvalue weighted by atomic mass is 19.3. The highest BCUT2D eigenvalue weighted by molar-refractivity contribution is 6.33. The predicted octanol–water partition coefficient (Wildman–Crippen LogP) is 3.34. The van der Waals surface area contributed by atoms with Gasteiger partial charge in [-0.15, -0.1) is 0 Å². The Bertz CT molecular complexity index is 747. The van der Waals surface area contributed by atoms with Gasteiger partial charge in [0.05, 0.1) is 5.56 Å². The smallest absolute Gasteiger partial charge is 0.310 e. The summed E-state index contributed by atoms with van der Waals surface area (Å²) >= 11 is 0. The van der Waals surface area contributed by atoms with Crippen molar-refractivity contribution in [3.05, 3.63) is 53.1 Å². The van der Waals surface area contributed by atoms with Gasteiger partial charge in [-0.25, -0.2) is 8.78 Å². The molecule has 0 aliphatic rings. The maximum absolute atomic E-state index is 13.3. The van der Waals surface area contributed by atoms with Crippen molar-refractivity contribution in [3.63, 3.8) is 0 Å². The number of aryl methyl sites for hydroxylation is 1. The molecule has 0 spiro atoms. The van der Waals surface area contributed by atoms with E-state index in [0.29, 0.717) is 17.7 Å². The van der Waals surface area contributed by atoms with E-state index >= 15 is 0 Å². The molecule has 132 valence electrons. The predicted molar refractivity (Wildman–Crippen MR) is 95.7 cm³/mol. The largest absolute Gasteiger partial charge is 0.488 e. The van der Waals surface area contributed by atoms with Crippen molar-refractivity contribution in [2.24, 2.45) is 0 Å². The molecular weight excluding hydrogens is 325 g/mol. The molecule has 0 unspecified atom stereocenters. The van der Waals surface area contributed by atoms with Crippen LogP contribution in [0.1, 0.15) is 43.4 Å². The van der Waals surface area contributed by atoms with Gasteiger partial charge in [0.15, 0.2) is 0 Å². The van der Waals surface area contributed by atoms with Gasteiger partial charge in [0.1, 0.15) is 26.0 Å². The Hall–Kier alpha value is -2.37. The summed E-state index contributed by atoms with van der Waals surface area (Å²) < 4.78 is 37.6. The summed E-state index contributed by atoms with van der Waals surface area (Å²) in [6.07, 6.45) is -1.69. The topological polar surface area (TPSA) is 35.5 Å². The van der Waals surface area contributed by atoms with Gasteiger partial charge in [-0.3, -0.25) is 4.79 Å². The van der Waals surface area contributed by atoms with E-state index in [4.69, 9.17) is 9.47 Å². The molecule has 0 fully saturated rings. The molecule has 2 aromatic carbocycles. The summed E-state index contributed by atoms with van der Waals surface area (Å²) in [6.45, 7) is 3.66. The first-order valence-electron chi connectivity index (χ1n) is 8.29. The first-order chi connectivity index (χ1) is 12.0. The first-order valence-corrected chi connectivity index (χ1v) is 8.29. The molecule has 0 aliphatic heterocycles. The van der Waals surface area contributed by atoms with Crippen LogP contribution in [0, 0.1) is 0 Å². The second-order valence-corrected chi connectivity index (χ2v) is 5.69. The lowest BCUT2D eigenvalue weighted by molar-refractivity contribution is -0.134. The van der Waals surface area contributed by atoms with E-state index in [-0.39, 0.29) is 30.3 Å². The molecule has 0 radical (unpaired) electrons. The molecule has 0 N–H and O–H groups in total. The van der Waals surface area contributed by atoms with E-state index in [1.165, 1.54) is 6.07 Å². The number of ether oxygens (including phenoxy) is 2. The molecule has 25 heavy (non-hydrogen) atoms. The number of esters is 1. The first kappa shape index (κ1) is 19.0. The molecule has 0 saturated carbocycles. The van der Waals surface area contributed by atoms with Crippen LogP contribution in [0.5, 0.6) is 11.5 Å². The summed E-state index contributed by atoms with van der Waals surface area (Å²) in [4.78, 5) is 11.6. The molecule has 0 atom stereocenters. The third kappa shape index (κ3) is 4.81. The number of hydrogen-bond donors (Lipinski definition) is 0. The van der Waals surface area contributed by atoms with E-state index in [1.54, 1.807) is 31.2 Å². The van der Waals surface area contributed by atoms with Crippen LogP contribution in [0.2, 0.25) is 0 Å². The third-order valence-corrected chi connectivity index (χ3v) is 3.97. The number of halogens is 2. The van der Waals surface area contributed by atoms with Crippen LogP contribution >= 0.6 is 0 Å². The van der Waals surface area contributed by atoms with Crippen LogP contribution in [0.4, 0.5) is 8.78 Å². The van der Waals surface area contributed by atoms with Crippen molar-refractivity contribution in [1.82, 2.24) is 0 Å². The Morgan fingerprint density at radius 2 is 1.92 bits per heavy atom. The van der Waals surface area contributed by atoms with Crippen molar-refractivity contribution >= 4 is 19.3 Å². The van der Waals surface area contributed by atoms with Gasteiger partial charge in [-0.2, -0.15) is 0 Å². The fourth-order valence-electron chi connectivity index (χ4n) is 2.42. The summed E-state index contributed by atoms with van der Waals surface area (Å²) in [5.41, 5.74) is 2.24. The molecule has 2 aromatic rings.